The predicted octanol–water partition coefficient (Wildman–Crippen LogP) is 5.05. The van der Waals surface area contributed by atoms with Crippen molar-refractivity contribution in [2.75, 3.05) is 5.32 Å². The lowest BCUT2D eigenvalue weighted by Gasteiger charge is -2.68. The Hall–Kier alpha value is -4.18. The van der Waals surface area contributed by atoms with E-state index in [9.17, 15) is 14.4 Å². The SMILES string of the molecule is O=CC12CC(c3ccc(-c4cc(F)c5c(c4)C(=O)N(C(C(=O)Nc4nccs4)c4ncn6c4CCC6)C5)cc3)(C1)C2. The summed E-state index contributed by atoms with van der Waals surface area (Å²) in [5.41, 5.74) is 4.61. The zero-order valence-corrected chi connectivity index (χ0v) is 22.9. The number of aromatic nitrogens is 3. The number of fused-ring (bicyclic) bond motifs is 2. The second kappa shape index (κ2) is 8.66. The molecule has 1 unspecified atom stereocenters. The Labute approximate surface area is 239 Å². The van der Waals surface area contributed by atoms with E-state index in [0.29, 0.717) is 16.4 Å². The second-order valence-corrected chi connectivity index (χ2v) is 12.8. The minimum Gasteiger partial charge on any atom is -0.334 e. The standard InChI is InChI=1S/C31H26FN5O3S/c32-23-11-19(18-3-5-20(6-4-18)31-13-30(14-31,15-31)16-38)10-21-22(23)12-37(28(21)40)26(27(39)35-29-33-7-9-41-29)25-24-2-1-8-36(24)17-34-25/h3-7,9-11,16-17,26H,1-2,8,12-15H2,(H,33,35,39). The molecule has 2 bridgehead atoms. The van der Waals surface area contributed by atoms with Gasteiger partial charge in [-0.15, -0.1) is 11.3 Å². The van der Waals surface area contributed by atoms with E-state index in [1.165, 1.54) is 27.9 Å². The van der Waals surface area contributed by atoms with Crippen molar-refractivity contribution in [1.29, 1.82) is 0 Å². The number of hydrogen-bond donors (Lipinski definition) is 1. The van der Waals surface area contributed by atoms with Crippen molar-refractivity contribution in [2.24, 2.45) is 5.41 Å². The Bertz CT molecular complexity index is 1730. The lowest BCUT2D eigenvalue weighted by atomic mass is 9.34. The maximum Gasteiger partial charge on any atom is 0.255 e. The first-order chi connectivity index (χ1) is 19.9. The van der Waals surface area contributed by atoms with E-state index in [4.69, 9.17) is 0 Å². The summed E-state index contributed by atoms with van der Waals surface area (Å²) in [7, 11) is 0. The fourth-order valence-electron chi connectivity index (χ4n) is 7.48. The van der Waals surface area contributed by atoms with Gasteiger partial charge < -0.3 is 14.3 Å². The monoisotopic (exact) mass is 567 g/mol. The van der Waals surface area contributed by atoms with Gasteiger partial charge in [-0.2, -0.15) is 0 Å². The quantitative estimate of drug-likeness (QED) is 0.316. The zero-order chi connectivity index (χ0) is 27.9. The fraction of sp³-hybridized carbons (Fsp3) is 0.323. The molecule has 41 heavy (non-hydrogen) atoms. The number of halogens is 1. The molecule has 3 fully saturated rings. The van der Waals surface area contributed by atoms with Crippen LogP contribution >= 0.6 is 11.3 Å². The van der Waals surface area contributed by atoms with Crippen LogP contribution in [0, 0.1) is 11.2 Å². The smallest absolute Gasteiger partial charge is 0.255 e. The molecule has 2 aliphatic heterocycles. The highest BCUT2D eigenvalue weighted by atomic mass is 32.1. The molecule has 9 rings (SSSR count). The fourth-order valence-corrected chi connectivity index (χ4v) is 8.01. The highest BCUT2D eigenvalue weighted by Gasteiger charge is 2.68. The van der Waals surface area contributed by atoms with Crippen molar-refractivity contribution in [3.05, 3.63) is 88.2 Å². The lowest BCUT2D eigenvalue weighted by Crippen LogP contribution is -2.65. The van der Waals surface area contributed by atoms with Crippen molar-refractivity contribution in [3.8, 4) is 11.1 Å². The number of imidazole rings is 1. The van der Waals surface area contributed by atoms with E-state index in [1.54, 1.807) is 24.0 Å². The number of aldehydes is 1. The normalized spacial score (nSPS) is 24.3. The minimum atomic E-state index is -1.02. The van der Waals surface area contributed by atoms with Crippen LogP contribution < -0.4 is 5.32 Å². The number of thiazole rings is 1. The van der Waals surface area contributed by atoms with Gasteiger partial charge in [-0.25, -0.2) is 14.4 Å². The Morgan fingerprint density at radius 3 is 2.66 bits per heavy atom. The summed E-state index contributed by atoms with van der Waals surface area (Å²) in [5, 5.41) is 5.01. The Morgan fingerprint density at radius 1 is 1.12 bits per heavy atom. The molecule has 3 aliphatic carbocycles. The number of aryl methyl sites for hydroxylation is 1. The molecule has 4 heterocycles. The third kappa shape index (κ3) is 3.59. The van der Waals surface area contributed by atoms with Crippen molar-refractivity contribution < 1.29 is 18.8 Å². The number of amides is 2. The van der Waals surface area contributed by atoms with Gasteiger partial charge in [-0.1, -0.05) is 24.3 Å². The van der Waals surface area contributed by atoms with Crippen LogP contribution in [-0.4, -0.2) is 37.5 Å². The van der Waals surface area contributed by atoms with Gasteiger partial charge in [-0.05, 0) is 66.3 Å². The Morgan fingerprint density at radius 2 is 1.93 bits per heavy atom. The van der Waals surface area contributed by atoms with E-state index < -0.39 is 23.7 Å². The summed E-state index contributed by atoms with van der Waals surface area (Å²) in [5.74, 6) is -1.29. The molecular formula is C31H26FN5O3S. The highest BCUT2D eigenvalue weighted by molar-refractivity contribution is 7.13. The second-order valence-electron chi connectivity index (χ2n) is 11.9. The average molecular weight is 568 g/mol. The molecular weight excluding hydrogens is 541 g/mol. The van der Waals surface area contributed by atoms with Crippen molar-refractivity contribution >= 4 is 34.6 Å². The number of nitrogens with zero attached hydrogens (tertiary/aromatic N) is 4. The Balaban J connectivity index is 1.11. The summed E-state index contributed by atoms with van der Waals surface area (Å²) in [6.07, 6.45) is 8.81. The van der Waals surface area contributed by atoms with Crippen LogP contribution in [0.2, 0.25) is 0 Å². The van der Waals surface area contributed by atoms with Gasteiger partial charge >= 0.3 is 0 Å². The van der Waals surface area contributed by atoms with E-state index in [0.717, 1.165) is 56.2 Å². The number of carbonyl (C=O) groups is 3. The summed E-state index contributed by atoms with van der Waals surface area (Å²) in [4.78, 5) is 49.0. The van der Waals surface area contributed by atoms with Crippen LogP contribution in [0.4, 0.5) is 9.52 Å². The average Bonchev–Trinajstić information content (AvgIpc) is 3.72. The predicted molar refractivity (Wildman–Crippen MR) is 150 cm³/mol. The first-order valence-electron chi connectivity index (χ1n) is 13.8. The maximum absolute atomic E-state index is 15.6. The minimum absolute atomic E-state index is 0.0253. The molecule has 206 valence electrons. The number of hydrogen-bond acceptors (Lipinski definition) is 6. The van der Waals surface area contributed by atoms with Crippen LogP contribution in [0.5, 0.6) is 0 Å². The first-order valence-corrected chi connectivity index (χ1v) is 14.7. The summed E-state index contributed by atoms with van der Waals surface area (Å²) in [6.45, 7) is 0.787. The van der Waals surface area contributed by atoms with Gasteiger partial charge in [-0.3, -0.25) is 14.9 Å². The highest BCUT2D eigenvalue weighted by Crippen LogP contribution is 2.72. The molecule has 0 radical (unpaired) electrons. The van der Waals surface area contributed by atoms with Gasteiger partial charge in [0.1, 0.15) is 12.1 Å². The molecule has 8 nitrogen and oxygen atoms in total. The molecule has 0 saturated heterocycles. The van der Waals surface area contributed by atoms with Crippen molar-refractivity contribution in [1.82, 2.24) is 19.4 Å². The third-order valence-corrected chi connectivity index (χ3v) is 10.1. The Kier molecular flexibility index (Phi) is 5.20. The van der Waals surface area contributed by atoms with Crippen LogP contribution in [0.15, 0.2) is 54.3 Å². The molecule has 4 aromatic rings. The van der Waals surface area contributed by atoms with Crippen LogP contribution in [-0.2, 0) is 34.5 Å². The molecule has 10 heteroatoms. The third-order valence-electron chi connectivity index (χ3n) is 9.44. The molecule has 2 aromatic heterocycles. The van der Waals surface area contributed by atoms with Crippen LogP contribution in [0.1, 0.15) is 64.6 Å². The molecule has 1 N–H and O–H groups in total. The van der Waals surface area contributed by atoms with Gasteiger partial charge in [0.05, 0.1) is 18.6 Å². The maximum atomic E-state index is 15.6. The van der Waals surface area contributed by atoms with E-state index in [2.05, 4.69) is 27.4 Å². The largest absolute Gasteiger partial charge is 0.334 e. The molecule has 3 saturated carbocycles. The number of anilines is 1. The number of rotatable bonds is 7. The number of nitrogens with one attached hydrogen (secondary N) is 1. The van der Waals surface area contributed by atoms with Crippen molar-refractivity contribution in [2.45, 2.75) is 56.7 Å². The first kappa shape index (κ1) is 24.6. The van der Waals surface area contributed by atoms with Crippen LogP contribution in [0.3, 0.4) is 0 Å². The molecule has 1 atom stereocenters. The molecule has 2 aromatic carbocycles. The zero-order valence-electron chi connectivity index (χ0n) is 22.1. The number of carbonyl (C=O) groups excluding carboxylic acids is 3. The van der Waals surface area contributed by atoms with E-state index >= 15 is 4.39 Å². The number of benzene rings is 2. The van der Waals surface area contributed by atoms with E-state index in [1.807, 2.05) is 16.7 Å². The summed E-state index contributed by atoms with van der Waals surface area (Å²) < 4.78 is 17.6. The van der Waals surface area contributed by atoms with Gasteiger partial charge in [0.2, 0.25) is 0 Å². The topological polar surface area (TPSA) is 97.2 Å². The van der Waals surface area contributed by atoms with Gasteiger partial charge in [0.25, 0.3) is 11.8 Å². The molecule has 5 aliphatic rings. The van der Waals surface area contributed by atoms with Gasteiger partial charge in [0, 0.05) is 40.4 Å². The summed E-state index contributed by atoms with van der Waals surface area (Å²) >= 11 is 1.29. The van der Waals surface area contributed by atoms with Crippen LogP contribution in [0.25, 0.3) is 11.1 Å². The van der Waals surface area contributed by atoms with Gasteiger partial charge in [0.15, 0.2) is 11.2 Å². The molecule has 2 amide bonds. The lowest BCUT2D eigenvalue weighted by molar-refractivity contribution is -0.159. The van der Waals surface area contributed by atoms with Crippen molar-refractivity contribution in [3.63, 3.8) is 0 Å². The summed E-state index contributed by atoms with van der Waals surface area (Å²) in [6, 6.07) is 10.2. The molecule has 0 spiro atoms. The van der Waals surface area contributed by atoms with E-state index in [-0.39, 0.29) is 28.5 Å².